The molecule has 3 nitrogen and oxygen atoms in total. The highest BCUT2D eigenvalue weighted by atomic mass is 32.1. The van der Waals surface area contributed by atoms with E-state index >= 15 is 0 Å². The van der Waals surface area contributed by atoms with Crippen molar-refractivity contribution < 1.29 is 4.79 Å². The predicted molar refractivity (Wildman–Crippen MR) is 71.8 cm³/mol. The third-order valence-electron chi connectivity index (χ3n) is 3.10. The molecule has 4 heteroatoms. The monoisotopic (exact) mass is 252 g/mol. The maximum atomic E-state index is 12.4. The minimum absolute atomic E-state index is 0.226. The van der Waals surface area contributed by atoms with Crippen LogP contribution in [0.15, 0.2) is 6.07 Å². The van der Waals surface area contributed by atoms with Crippen molar-refractivity contribution in [3.05, 3.63) is 21.4 Å². The molecule has 0 N–H and O–H groups in total. The predicted octanol–water partition coefficient (Wildman–Crippen LogP) is 2.01. The molecule has 2 rings (SSSR count). The number of thiophene rings is 1. The van der Waals surface area contributed by atoms with Gasteiger partial charge >= 0.3 is 0 Å². The highest BCUT2D eigenvalue weighted by Crippen LogP contribution is 2.27. The van der Waals surface area contributed by atoms with E-state index < -0.39 is 0 Å². The quantitative estimate of drug-likeness (QED) is 0.821. The Labute approximate surface area is 107 Å². The molecular weight excluding hydrogens is 232 g/mol. The number of fused-ring (bicyclic) bond motifs is 1. The number of carbonyl (C=O) groups is 1. The maximum absolute atomic E-state index is 12.4. The number of carbonyl (C=O) groups excluding carboxylic acids is 1. The Hall–Kier alpha value is -0.870. The Balaban J connectivity index is 2.14. The third kappa shape index (κ3) is 2.87. The summed E-state index contributed by atoms with van der Waals surface area (Å²) in [6.45, 7) is 4.74. The number of hydrogen-bond donors (Lipinski definition) is 0. The van der Waals surface area contributed by atoms with E-state index in [0.717, 1.165) is 38.0 Å². The van der Waals surface area contributed by atoms with Crippen molar-refractivity contribution in [3.8, 4) is 0 Å². The average Bonchev–Trinajstić information content (AvgIpc) is 2.57. The van der Waals surface area contributed by atoms with Crippen LogP contribution in [0.2, 0.25) is 0 Å². The molecule has 0 aliphatic carbocycles. The Morgan fingerprint density at radius 2 is 2.24 bits per heavy atom. The Kier molecular flexibility index (Phi) is 3.84. The Morgan fingerprint density at radius 1 is 1.47 bits per heavy atom. The van der Waals surface area contributed by atoms with Crippen LogP contribution in [0.3, 0.4) is 0 Å². The van der Waals surface area contributed by atoms with Gasteiger partial charge < -0.3 is 9.80 Å². The maximum Gasteiger partial charge on any atom is 0.255 e. The lowest BCUT2D eigenvalue weighted by atomic mass is 10.2. The van der Waals surface area contributed by atoms with Crippen molar-refractivity contribution in [3.63, 3.8) is 0 Å². The second-order valence-electron chi connectivity index (χ2n) is 4.89. The molecule has 0 atom stereocenters. The zero-order chi connectivity index (χ0) is 12.4. The summed E-state index contributed by atoms with van der Waals surface area (Å²) < 4.78 is 0. The van der Waals surface area contributed by atoms with Gasteiger partial charge in [-0.15, -0.1) is 11.3 Å². The molecule has 0 saturated heterocycles. The molecule has 17 heavy (non-hydrogen) atoms. The van der Waals surface area contributed by atoms with Crippen LogP contribution < -0.4 is 0 Å². The number of rotatable bonds is 3. The van der Waals surface area contributed by atoms with Crippen molar-refractivity contribution in [2.75, 3.05) is 33.7 Å². The van der Waals surface area contributed by atoms with Crippen LogP contribution in [-0.2, 0) is 6.42 Å². The number of nitrogens with zero attached hydrogens (tertiary/aromatic N) is 2. The second-order valence-corrected chi connectivity index (χ2v) is 6.23. The summed E-state index contributed by atoms with van der Waals surface area (Å²) in [7, 11) is 4.09. The Bertz CT molecular complexity index is 412. The van der Waals surface area contributed by atoms with Gasteiger partial charge in [0.05, 0.1) is 5.56 Å². The van der Waals surface area contributed by atoms with Crippen molar-refractivity contribution in [1.82, 2.24) is 9.80 Å². The van der Waals surface area contributed by atoms with Gasteiger partial charge in [0.15, 0.2) is 0 Å². The standard InChI is InChI=1S/C13H20N2OS/c1-10-9-11-12(17-10)5-4-6-15(13(11)16)8-7-14(2)3/h9H,4-8H2,1-3H3. The fourth-order valence-electron chi connectivity index (χ4n) is 2.17. The van der Waals surface area contributed by atoms with Crippen molar-refractivity contribution in [2.24, 2.45) is 0 Å². The Morgan fingerprint density at radius 3 is 2.94 bits per heavy atom. The van der Waals surface area contributed by atoms with Gasteiger partial charge in [0.2, 0.25) is 0 Å². The van der Waals surface area contributed by atoms with Crippen molar-refractivity contribution in [1.29, 1.82) is 0 Å². The number of aryl methyl sites for hydroxylation is 2. The summed E-state index contributed by atoms with van der Waals surface area (Å²) in [5, 5.41) is 0. The van der Waals surface area contributed by atoms with Crippen LogP contribution in [-0.4, -0.2) is 49.4 Å². The van der Waals surface area contributed by atoms with E-state index in [2.05, 4.69) is 17.9 Å². The van der Waals surface area contributed by atoms with Gasteiger partial charge in [-0.25, -0.2) is 0 Å². The molecule has 0 saturated carbocycles. The SMILES string of the molecule is Cc1cc2c(s1)CCCN(CCN(C)C)C2=O. The van der Waals surface area contributed by atoms with Crippen LogP contribution in [0, 0.1) is 6.92 Å². The fraction of sp³-hybridized carbons (Fsp3) is 0.615. The summed E-state index contributed by atoms with van der Waals surface area (Å²) in [5.74, 6) is 0.226. The molecule has 2 heterocycles. The zero-order valence-electron chi connectivity index (χ0n) is 10.8. The van der Waals surface area contributed by atoms with E-state index in [1.54, 1.807) is 11.3 Å². The van der Waals surface area contributed by atoms with E-state index in [0.29, 0.717) is 0 Å². The summed E-state index contributed by atoms with van der Waals surface area (Å²) in [4.78, 5) is 19.0. The van der Waals surface area contributed by atoms with Crippen LogP contribution >= 0.6 is 11.3 Å². The van der Waals surface area contributed by atoms with Crippen molar-refractivity contribution >= 4 is 17.2 Å². The molecule has 0 spiro atoms. The molecule has 1 aliphatic rings. The van der Waals surface area contributed by atoms with Crippen LogP contribution in [0.25, 0.3) is 0 Å². The summed E-state index contributed by atoms with van der Waals surface area (Å²) in [5.41, 5.74) is 0.948. The highest BCUT2D eigenvalue weighted by molar-refractivity contribution is 7.12. The molecule has 1 aromatic heterocycles. The number of likely N-dealkylation sites (N-methyl/N-ethyl adjacent to an activating group) is 1. The molecule has 0 bridgehead atoms. The van der Waals surface area contributed by atoms with Gasteiger partial charge in [-0.05, 0) is 39.9 Å². The lowest BCUT2D eigenvalue weighted by Gasteiger charge is -2.22. The summed E-state index contributed by atoms with van der Waals surface area (Å²) in [6.07, 6.45) is 2.14. The van der Waals surface area contributed by atoms with Gasteiger partial charge in [-0.3, -0.25) is 4.79 Å². The molecule has 0 fully saturated rings. The van der Waals surface area contributed by atoms with Gasteiger partial charge in [0.25, 0.3) is 5.91 Å². The van der Waals surface area contributed by atoms with Gasteiger partial charge in [0.1, 0.15) is 0 Å². The van der Waals surface area contributed by atoms with E-state index in [1.165, 1.54) is 9.75 Å². The van der Waals surface area contributed by atoms with Gasteiger partial charge in [0, 0.05) is 29.4 Å². The molecule has 1 aliphatic heterocycles. The third-order valence-corrected chi connectivity index (χ3v) is 4.21. The van der Waals surface area contributed by atoms with E-state index in [4.69, 9.17) is 0 Å². The van der Waals surface area contributed by atoms with Crippen LogP contribution in [0.4, 0.5) is 0 Å². The highest BCUT2D eigenvalue weighted by Gasteiger charge is 2.23. The molecular formula is C13H20N2OS. The summed E-state index contributed by atoms with van der Waals surface area (Å²) >= 11 is 1.78. The average molecular weight is 252 g/mol. The molecule has 0 radical (unpaired) electrons. The second kappa shape index (κ2) is 5.19. The van der Waals surface area contributed by atoms with E-state index in [1.807, 2.05) is 19.0 Å². The fourth-order valence-corrected chi connectivity index (χ4v) is 3.23. The normalized spacial score (nSPS) is 16.2. The molecule has 1 aromatic rings. The largest absolute Gasteiger partial charge is 0.337 e. The van der Waals surface area contributed by atoms with E-state index in [9.17, 15) is 4.79 Å². The lowest BCUT2D eigenvalue weighted by molar-refractivity contribution is 0.0750. The minimum Gasteiger partial charge on any atom is -0.337 e. The van der Waals surface area contributed by atoms with Crippen molar-refractivity contribution in [2.45, 2.75) is 19.8 Å². The smallest absolute Gasteiger partial charge is 0.255 e. The van der Waals surface area contributed by atoms with Crippen LogP contribution in [0.5, 0.6) is 0 Å². The first-order chi connectivity index (χ1) is 8.08. The molecule has 0 aromatic carbocycles. The first-order valence-electron chi connectivity index (χ1n) is 6.11. The topological polar surface area (TPSA) is 23.6 Å². The molecule has 1 amide bonds. The number of amides is 1. The first kappa shape index (κ1) is 12.6. The first-order valence-corrected chi connectivity index (χ1v) is 6.93. The van der Waals surface area contributed by atoms with Gasteiger partial charge in [-0.2, -0.15) is 0 Å². The minimum atomic E-state index is 0.226. The summed E-state index contributed by atoms with van der Waals surface area (Å²) in [6, 6.07) is 2.05. The molecule has 0 unspecified atom stereocenters. The zero-order valence-corrected chi connectivity index (χ0v) is 11.6. The van der Waals surface area contributed by atoms with E-state index in [-0.39, 0.29) is 5.91 Å². The lowest BCUT2D eigenvalue weighted by Crippen LogP contribution is -2.36. The van der Waals surface area contributed by atoms with Gasteiger partial charge in [-0.1, -0.05) is 0 Å². The molecule has 94 valence electrons. The number of hydrogen-bond acceptors (Lipinski definition) is 3. The van der Waals surface area contributed by atoms with Crippen LogP contribution in [0.1, 0.15) is 26.5 Å².